The van der Waals surface area contributed by atoms with Crippen molar-refractivity contribution in [1.82, 2.24) is 25.5 Å². The SMILES string of the molecule is CC(C)Oc1ccc(CNC(=O)Cc2ccc(-n3cnnn3)cc2)c(C(F)(F)F)c1. The molecule has 0 unspecified atom stereocenters. The smallest absolute Gasteiger partial charge is 0.416 e. The van der Waals surface area contributed by atoms with Crippen LogP contribution in [0, 0.1) is 0 Å². The van der Waals surface area contributed by atoms with Gasteiger partial charge in [0.15, 0.2) is 0 Å². The van der Waals surface area contributed by atoms with Gasteiger partial charge in [0.2, 0.25) is 5.91 Å². The van der Waals surface area contributed by atoms with Gasteiger partial charge in [0.1, 0.15) is 12.1 Å². The Labute approximate surface area is 170 Å². The number of tetrazole rings is 1. The maximum Gasteiger partial charge on any atom is 0.416 e. The molecule has 1 amide bonds. The number of nitrogens with zero attached hydrogens (tertiary/aromatic N) is 4. The Morgan fingerprint density at radius 2 is 1.90 bits per heavy atom. The van der Waals surface area contributed by atoms with Crippen LogP contribution in [0.1, 0.15) is 30.5 Å². The molecule has 0 atom stereocenters. The molecule has 2 aromatic carbocycles. The van der Waals surface area contributed by atoms with Crippen molar-refractivity contribution in [2.24, 2.45) is 0 Å². The predicted octanol–water partition coefficient (Wildman–Crippen LogP) is 3.33. The molecule has 1 aromatic heterocycles. The van der Waals surface area contributed by atoms with Gasteiger partial charge in [0, 0.05) is 6.54 Å². The maximum atomic E-state index is 13.4. The summed E-state index contributed by atoms with van der Waals surface area (Å²) in [5.74, 6) is -0.254. The number of halogens is 3. The van der Waals surface area contributed by atoms with Crippen molar-refractivity contribution in [3.05, 3.63) is 65.5 Å². The van der Waals surface area contributed by atoms with E-state index in [1.807, 2.05) is 0 Å². The molecule has 158 valence electrons. The number of hydrogen-bond acceptors (Lipinski definition) is 5. The average Bonchev–Trinajstić information content (AvgIpc) is 3.21. The third-order valence-electron chi connectivity index (χ3n) is 4.15. The van der Waals surface area contributed by atoms with Gasteiger partial charge in [-0.05, 0) is 59.7 Å². The van der Waals surface area contributed by atoms with E-state index in [-0.39, 0.29) is 36.3 Å². The van der Waals surface area contributed by atoms with Gasteiger partial charge in [-0.3, -0.25) is 4.79 Å². The summed E-state index contributed by atoms with van der Waals surface area (Å²) in [5, 5.41) is 13.4. The van der Waals surface area contributed by atoms with Crippen LogP contribution in [0.25, 0.3) is 5.69 Å². The molecule has 1 N–H and O–H groups in total. The first-order valence-corrected chi connectivity index (χ1v) is 9.18. The first-order valence-electron chi connectivity index (χ1n) is 9.18. The van der Waals surface area contributed by atoms with Crippen LogP contribution in [0.15, 0.2) is 48.8 Å². The average molecular weight is 419 g/mol. The summed E-state index contributed by atoms with van der Waals surface area (Å²) in [6.07, 6.45) is -3.32. The Balaban J connectivity index is 1.64. The normalized spacial score (nSPS) is 11.5. The molecule has 10 heteroatoms. The number of nitrogens with one attached hydrogen (secondary N) is 1. The van der Waals surface area contributed by atoms with Gasteiger partial charge in [0.25, 0.3) is 0 Å². The lowest BCUT2D eigenvalue weighted by molar-refractivity contribution is -0.138. The number of benzene rings is 2. The highest BCUT2D eigenvalue weighted by molar-refractivity contribution is 5.78. The number of ether oxygens (including phenoxy) is 1. The number of hydrogen-bond donors (Lipinski definition) is 1. The minimum absolute atomic E-state index is 0.0269. The topological polar surface area (TPSA) is 81.9 Å². The zero-order chi connectivity index (χ0) is 21.7. The Bertz CT molecular complexity index is 987. The van der Waals surface area contributed by atoms with Gasteiger partial charge in [-0.25, -0.2) is 4.68 Å². The highest BCUT2D eigenvalue weighted by atomic mass is 19.4. The fourth-order valence-corrected chi connectivity index (χ4v) is 2.81. The summed E-state index contributed by atoms with van der Waals surface area (Å²) < 4.78 is 47.0. The number of amides is 1. The lowest BCUT2D eigenvalue weighted by atomic mass is 10.1. The standard InChI is InChI=1S/C20H20F3N5O2/c1-13(2)30-17-8-5-15(18(10-17)20(21,22)23)11-24-19(29)9-14-3-6-16(7-4-14)28-12-25-26-27-28/h3-8,10,12-13H,9,11H2,1-2H3,(H,24,29). The van der Waals surface area contributed by atoms with Crippen LogP contribution < -0.4 is 10.1 Å². The van der Waals surface area contributed by atoms with Crippen LogP contribution in [0.5, 0.6) is 5.75 Å². The van der Waals surface area contributed by atoms with Crippen LogP contribution in [-0.4, -0.2) is 32.2 Å². The molecule has 0 radical (unpaired) electrons. The van der Waals surface area contributed by atoms with Crippen molar-refractivity contribution in [2.45, 2.75) is 39.1 Å². The first-order chi connectivity index (χ1) is 14.2. The quantitative estimate of drug-likeness (QED) is 0.635. The third kappa shape index (κ3) is 5.56. The molecule has 0 fully saturated rings. The third-order valence-corrected chi connectivity index (χ3v) is 4.15. The zero-order valence-corrected chi connectivity index (χ0v) is 16.3. The van der Waals surface area contributed by atoms with Gasteiger partial charge in [-0.2, -0.15) is 13.2 Å². The van der Waals surface area contributed by atoms with E-state index in [0.717, 1.165) is 11.8 Å². The van der Waals surface area contributed by atoms with Gasteiger partial charge in [0.05, 0.1) is 23.8 Å². The lowest BCUT2D eigenvalue weighted by Crippen LogP contribution is -2.26. The number of aromatic nitrogens is 4. The van der Waals surface area contributed by atoms with Gasteiger partial charge < -0.3 is 10.1 Å². The molecule has 0 bridgehead atoms. The van der Waals surface area contributed by atoms with Crippen LogP contribution in [0.2, 0.25) is 0 Å². The van der Waals surface area contributed by atoms with E-state index < -0.39 is 11.7 Å². The summed E-state index contributed by atoms with van der Waals surface area (Å²) >= 11 is 0. The van der Waals surface area contributed by atoms with E-state index in [1.54, 1.807) is 38.1 Å². The van der Waals surface area contributed by atoms with E-state index in [2.05, 4.69) is 20.8 Å². The summed E-state index contributed by atoms with van der Waals surface area (Å²) in [6.45, 7) is 3.23. The fraction of sp³-hybridized carbons (Fsp3) is 0.300. The molecule has 0 aliphatic rings. The van der Waals surface area contributed by atoms with Crippen LogP contribution in [0.4, 0.5) is 13.2 Å². The van der Waals surface area contributed by atoms with Gasteiger partial charge in [-0.1, -0.05) is 18.2 Å². The fourth-order valence-electron chi connectivity index (χ4n) is 2.81. The number of alkyl halides is 3. The van der Waals surface area contributed by atoms with Crippen molar-refractivity contribution in [3.8, 4) is 11.4 Å². The lowest BCUT2D eigenvalue weighted by Gasteiger charge is -2.17. The Hall–Kier alpha value is -3.43. The molecule has 7 nitrogen and oxygen atoms in total. The van der Waals surface area contributed by atoms with Crippen molar-refractivity contribution in [2.75, 3.05) is 0 Å². The highest BCUT2D eigenvalue weighted by Crippen LogP contribution is 2.34. The van der Waals surface area contributed by atoms with Crippen LogP contribution >= 0.6 is 0 Å². The molecule has 0 spiro atoms. The Kier molecular flexibility index (Phi) is 6.34. The molecule has 1 heterocycles. The van der Waals surface area contributed by atoms with Crippen molar-refractivity contribution in [3.63, 3.8) is 0 Å². The molecule has 0 saturated heterocycles. The van der Waals surface area contributed by atoms with Gasteiger partial charge in [-0.15, -0.1) is 5.10 Å². The summed E-state index contributed by atoms with van der Waals surface area (Å²) in [4.78, 5) is 12.2. The maximum absolute atomic E-state index is 13.4. The highest BCUT2D eigenvalue weighted by Gasteiger charge is 2.34. The van der Waals surface area contributed by atoms with Crippen molar-refractivity contribution in [1.29, 1.82) is 0 Å². The molecule has 0 saturated carbocycles. The Morgan fingerprint density at radius 1 is 1.17 bits per heavy atom. The second-order valence-corrected chi connectivity index (χ2v) is 6.86. The predicted molar refractivity (Wildman–Crippen MR) is 102 cm³/mol. The van der Waals surface area contributed by atoms with Crippen LogP contribution in [-0.2, 0) is 23.9 Å². The molecule has 3 aromatic rings. The van der Waals surface area contributed by atoms with E-state index in [9.17, 15) is 18.0 Å². The number of rotatable bonds is 7. The largest absolute Gasteiger partial charge is 0.491 e. The second kappa shape index (κ2) is 8.93. The van der Waals surface area contributed by atoms with Crippen molar-refractivity contribution < 1.29 is 22.7 Å². The molecular weight excluding hydrogens is 399 g/mol. The van der Waals surface area contributed by atoms with E-state index in [0.29, 0.717) is 5.56 Å². The number of carbonyl (C=O) groups is 1. The summed E-state index contributed by atoms with van der Waals surface area (Å²) in [6, 6.07) is 10.7. The Morgan fingerprint density at radius 3 is 2.50 bits per heavy atom. The molecular formula is C20H20F3N5O2. The number of carbonyl (C=O) groups excluding carboxylic acids is 1. The summed E-state index contributed by atoms with van der Waals surface area (Å²) in [7, 11) is 0. The monoisotopic (exact) mass is 419 g/mol. The summed E-state index contributed by atoms with van der Waals surface area (Å²) in [5.41, 5.74) is 0.580. The van der Waals surface area contributed by atoms with Crippen molar-refractivity contribution >= 4 is 5.91 Å². The first kappa shape index (κ1) is 21.3. The van der Waals surface area contributed by atoms with E-state index in [4.69, 9.17) is 4.74 Å². The minimum Gasteiger partial charge on any atom is -0.491 e. The molecule has 3 rings (SSSR count). The van der Waals surface area contributed by atoms with E-state index >= 15 is 0 Å². The molecule has 0 aliphatic heterocycles. The van der Waals surface area contributed by atoms with Crippen LogP contribution in [0.3, 0.4) is 0 Å². The van der Waals surface area contributed by atoms with E-state index in [1.165, 1.54) is 23.1 Å². The minimum atomic E-state index is -4.55. The van der Waals surface area contributed by atoms with Gasteiger partial charge >= 0.3 is 6.18 Å². The molecule has 0 aliphatic carbocycles. The second-order valence-electron chi connectivity index (χ2n) is 6.86. The molecule has 30 heavy (non-hydrogen) atoms. The zero-order valence-electron chi connectivity index (χ0n) is 16.3.